The lowest BCUT2D eigenvalue weighted by atomic mass is 9.47. The van der Waals surface area contributed by atoms with Crippen LogP contribution in [0.2, 0.25) is 0 Å². The van der Waals surface area contributed by atoms with Crippen LogP contribution in [0.5, 0.6) is 5.75 Å². The van der Waals surface area contributed by atoms with Crippen molar-refractivity contribution in [3.05, 3.63) is 70.9 Å². The van der Waals surface area contributed by atoms with E-state index in [1.54, 1.807) is 21.1 Å². The molecule has 2 unspecified atom stereocenters. The van der Waals surface area contributed by atoms with Crippen molar-refractivity contribution in [2.45, 2.75) is 125 Å². The number of ether oxygens (including phenoxy) is 3. The van der Waals surface area contributed by atoms with Gasteiger partial charge in [-0.2, -0.15) is 0 Å². The summed E-state index contributed by atoms with van der Waals surface area (Å²) in [5.74, 6) is -2.32. The van der Waals surface area contributed by atoms with Gasteiger partial charge in [0.2, 0.25) is 11.8 Å². The zero-order chi connectivity index (χ0) is 57.4. The van der Waals surface area contributed by atoms with Crippen LogP contribution in [0.3, 0.4) is 0 Å². The molecule has 6 heterocycles. The molecule has 2 aromatic carbocycles. The maximum Gasteiger partial charge on any atom is 0.426 e. The number of piperidine rings is 1. The second-order valence-corrected chi connectivity index (χ2v) is 25.5. The minimum Gasteiger partial charge on any atom is -0.496 e. The molecule has 3 aromatic rings. The number of hydrogen-bond donors (Lipinski definition) is 9. The monoisotopic (exact) mass is 1150 g/mol. The summed E-state index contributed by atoms with van der Waals surface area (Å²) < 4.78 is 17.8. The van der Waals surface area contributed by atoms with E-state index in [0.717, 1.165) is 39.8 Å². The number of fused-ring (bicyclic) bond motifs is 6. The number of methoxy groups -OCH3 is 1. The molecular weight excluding hydrogens is 1070 g/mol. The van der Waals surface area contributed by atoms with Gasteiger partial charge in [0, 0.05) is 114 Å². The summed E-state index contributed by atoms with van der Waals surface area (Å²) in [6.07, 6.45) is 4.98. The van der Waals surface area contributed by atoms with E-state index in [1.165, 1.54) is 21.6 Å². The zero-order valence-corrected chi connectivity index (χ0v) is 48.1. The number of hydrogen-bond acceptors (Lipinski definition) is 17. The molecule has 0 radical (unpaired) electrons. The van der Waals surface area contributed by atoms with Crippen molar-refractivity contribution in [3.63, 3.8) is 0 Å². The highest BCUT2D eigenvalue weighted by Crippen LogP contribution is 2.67. The fraction of sp³-hybridized carbons (Fsp3) is 0.614. The maximum absolute atomic E-state index is 15.0. The Kier molecular flexibility index (Phi) is 17.5. The average Bonchev–Trinajstić information content (AvgIpc) is 3.94. The van der Waals surface area contributed by atoms with Gasteiger partial charge in [-0.05, 0) is 80.7 Å². The van der Waals surface area contributed by atoms with E-state index in [2.05, 4.69) is 48.4 Å². The normalized spacial score (nSPS) is 30.9. The van der Waals surface area contributed by atoms with Crippen LogP contribution in [0.25, 0.3) is 10.9 Å². The molecule has 2 bridgehead atoms. The molecule has 80 heavy (non-hydrogen) atoms. The lowest BCUT2D eigenvalue weighted by Crippen LogP contribution is -2.82. The summed E-state index contributed by atoms with van der Waals surface area (Å²) in [4.78, 5) is 87.5. The number of hydrazine groups is 1. The van der Waals surface area contributed by atoms with Gasteiger partial charge in [-0.1, -0.05) is 79.6 Å². The molecule has 1 saturated carbocycles. The number of nitrogens with one attached hydrogen (secondary N) is 5. The molecule has 2 saturated heterocycles. The van der Waals surface area contributed by atoms with Gasteiger partial charge in [-0.25, -0.2) is 15.0 Å². The molecule has 9 rings (SSSR count). The summed E-state index contributed by atoms with van der Waals surface area (Å²) in [6, 6.07) is 9.51. The van der Waals surface area contributed by atoms with Crippen molar-refractivity contribution in [1.29, 1.82) is 0 Å². The summed E-state index contributed by atoms with van der Waals surface area (Å²) in [5, 5.41) is 54.1. The first-order chi connectivity index (χ1) is 38.3. The molecule has 5 aliphatic heterocycles. The zero-order valence-electron chi connectivity index (χ0n) is 46.5. The smallest absolute Gasteiger partial charge is 0.426 e. The van der Waals surface area contributed by atoms with Gasteiger partial charge in [-0.3, -0.25) is 34.4 Å². The molecule has 21 nitrogen and oxygen atoms in total. The Bertz CT molecular complexity index is 2880. The molecule has 1 aliphatic carbocycles. The van der Waals surface area contributed by atoms with Crippen LogP contribution in [0, 0.1) is 17.3 Å². The van der Waals surface area contributed by atoms with Crippen LogP contribution < -0.4 is 31.1 Å². The van der Waals surface area contributed by atoms with Crippen LogP contribution in [-0.2, 0) is 50.7 Å². The van der Waals surface area contributed by atoms with E-state index < -0.39 is 81.5 Å². The lowest BCUT2D eigenvalue weighted by Gasteiger charge is -2.63. The van der Waals surface area contributed by atoms with Gasteiger partial charge < -0.3 is 55.2 Å². The molecule has 9 N–H and O–H groups in total. The third-order valence-electron chi connectivity index (χ3n) is 18.6. The number of carbonyl (C=O) groups excluding carboxylic acids is 5. The minimum atomic E-state index is -2.55. The number of aliphatic hydroxyl groups is 3. The quantitative estimate of drug-likeness (QED) is 0.0243. The fourth-order valence-corrected chi connectivity index (χ4v) is 16.6. The van der Waals surface area contributed by atoms with Crippen molar-refractivity contribution in [2.24, 2.45) is 17.3 Å². The standard InChI is InChI=1S/C57H78N8O13S2/c1-7-34(4)46(68)60-41(47(69)70)29-58-44(67)16-23-79-80-24-22-78-52(73)62-61-51(72)57(75)49-56(18-21-65-19-12-17-54(9-3,48(56)65)50(57)71)38-25-39(43(76-6)26-42(38)63(49)5)55(32-77-33-66)28-35-27-53(74,8-2)31-64(30-35)20-15-37-36-13-10-11-14-40(36)59-45(37)55/h10-14,17,25-26,33-35,41,48-50,59,71,74-75H,7-9,15-16,18-24,27-32H2,1-6H3,(H,58,67)(H,60,68)(H,61,72)(H,62,73)(H,69,70)/t34-,35?,41+,48+,49-,50-,53+,54-,55+,56-,57-/m1/s1. The van der Waals surface area contributed by atoms with E-state index in [9.17, 15) is 44.4 Å². The molecule has 12 atom stereocenters. The van der Waals surface area contributed by atoms with E-state index in [0.29, 0.717) is 101 Å². The number of H-pyrrole nitrogens is 1. The number of anilines is 1. The fourth-order valence-electron chi connectivity index (χ4n) is 14.8. The first-order valence-corrected chi connectivity index (χ1v) is 30.5. The van der Waals surface area contributed by atoms with Gasteiger partial charge in [-0.15, -0.1) is 0 Å². The average molecular weight is 1150 g/mol. The van der Waals surface area contributed by atoms with E-state index in [-0.39, 0.29) is 38.0 Å². The number of carbonyl (C=O) groups is 6. The van der Waals surface area contributed by atoms with Crippen molar-refractivity contribution in [3.8, 4) is 5.75 Å². The first kappa shape index (κ1) is 59.1. The number of nitrogens with zero attached hydrogens (tertiary/aromatic N) is 3. The van der Waals surface area contributed by atoms with Gasteiger partial charge >= 0.3 is 12.1 Å². The Balaban J connectivity index is 0.975. The van der Waals surface area contributed by atoms with Crippen LogP contribution in [-0.4, -0.2) is 185 Å². The number of amides is 4. The van der Waals surface area contributed by atoms with Crippen LogP contribution in [0.15, 0.2) is 48.6 Å². The first-order valence-electron chi connectivity index (χ1n) is 28.0. The molecule has 6 aliphatic rings. The second kappa shape index (κ2) is 23.7. The number of aliphatic carboxylic acids is 1. The van der Waals surface area contributed by atoms with Crippen LogP contribution >= 0.6 is 21.6 Å². The number of aromatic nitrogens is 1. The van der Waals surface area contributed by atoms with Gasteiger partial charge in [0.05, 0.1) is 24.2 Å². The number of aromatic amines is 1. The SMILES string of the molecule is CC[C@@H](C)C(=O)N[C@@H](CNC(=O)CCSSCCOC(=O)NNC(=O)[C@]1(O)[C@H](O)[C@]2(CC)C=CCN3CC[C@@]4(c5cc([C@@]6(COC=O)CC7CN(CCc8c6[nH]c6ccccc86)C[C@](O)(CC)C7)c(OC)cc5N(C)[C@@H]14)[C@@H]32)C(=O)O. The second-order valence-electron chi connectivity index (χ2n) is 22.8. The van der Waals surface area contributed by atoms with Gasteiger partial charge in [0.1, 0.15) is 31.1 Å². The summed E-state index contributed by atoms with van der Waals surface area (Å²) in [5.41, 5.74) is 3.21. The highest BCUT2D eigenvalue weighted by atomic mass is 33.1. The Morgan fingerprint density at radius 1 is 0.988 bits per heavy atom. The Labute approximate surface area is 474 Å². The molecule has 436 valence electrons. The van der Waals surface area contributed by atoms with Crippen molar-refractivity contribution >= 4 is 74.4 Å². The molecule has 4 amide bonds. The van der Waals surface area contributed by atoms with Crippen LogP contribution in [0.1, 0.15) is 95.0 Å². The number of aliphatic hydroxyl groups excluding tert-OH is 1. The summed E-state index contributed by atoms with van der Waals surface area (Å²) >= 11 is 0. The van der Waals surface area contributed by atoms with E-state index in [4.69, 9.17) is 14.2 Å². The number of para-hydroxylation sites is 1. The number of benzene rings is 2. The van der Waals surface area contributed by atoms with Crippen molar-refractivity contribution in [1.82, 2.24) is 36.3 Å². The van der Waals surface area contributed by atoms with Crippen molar-refractivity contribution in [2.75, 3.05) is 83.0 Å². The third kappa shape index (κ3) is 10.3. The van der Waals surface area contributed by atoms with Gasteiger partial charge in [0.15, 0.2) is 5.60 Å². The Hall–Kier alpha value is -5.56. The van der Waals surface area contributed by atoms with Crippen molar-refractivity contribution < 1.29 is 63.4 Å². The number of carboxylic acids is 1. The summed E-state index contributed by atoms with van der Waals surface area (Å²) in [6.45, 7) is 10.7. The van der Waals surface area contributed by atoms with E-state index in [1.807, 2.05) is 62.1 Å². The molecular formula is C57H78N8O13S2. The Morgan fingerprint density at radius 3 is 2.49 bits per heavy atom. The predicted molar refractivity (Wildman–Crippen MR) is 303 cm³/mol. The molecule has 1 aromatic heterocycles. The van der Waals surface area contributed by atoms with Gasteiger partial charge in [0.25, 0.3) is 12.4 Å². The molecule has 23 heteroatoms. The topological polar surface area (TPSA) is 285 Å². The number of likely N-dealkylation sites (N-methyl/N-ethyl adjacent to an activating group) is 1. The lowest BCUT2D eigenvalue weighted by molar-refractivity contribution is -0.204. The molecule has 1 spiro atoms. The highest BCUT2D eigenvalue weighted by molar-refractivity contribution is 8.76. The summed E-state index contributed by atoms with van der Waals surface area (Å²) in [7, 11) is 6.08. The van der Waals surface area contributed by atoms with Crippen LogP contribution in [0.4, 0.5) is 10.5 Å². The third-order valence-corrected chi connectivity index (χ3v) is 20.9. The highest BCUT2D eigenvalue weighted by Gasteiger charge is 2.79. The number of carboxylic acid groups (broad SMARTS) is 1. The van der Waals surface area contributed by atoms with E-state index >= 15 is 4.79 Å². The minimum absolute atomic E-state index is 0.0437. The largest absolute Gasteiger partial charge is 0.496 e. The Morgan fingerprint density at radius 2 is 1.76 bits per heavy atom. The maximum atomic E-state index is 15.0. The predicted octanol–water partition coefficient (Wildman–Crippen LogP) is 3.51. The molecule has 3 fully saturated rings. The number of rotatable bonds is 21.